The van der Waals surface area contributed by atoms with Gasteiger partial charge < -0.3 is 0 Å². The van der Waals surface area contributed by atoms with Crippen molar-refractivity contribution in [3.63, 3.8) is 0 Å². The summed E-state index contributed by atoms with van der Waals surface area (Å²) in [6, 6.07) is 30.4. The molecule has 0 saturated carbocycles. The van der Waals surface area contributed by atoms with Gasteiger partial charge in [-0.1, -0.05) is 0 Å². The first-order valence-corrected chi connectivity index (χ1v) is 21.3. The molecule has 3 aliphatic rings. The van der Waals surface area contributed by atoms with E-state index in [0.717, 1.165) is 22.3 Å². The Morgan fingerprint density at radius 2 is 1.02 bits per heavy atom. The number of hydrogen-bond donors (Lipinski definition) is 0. The molecular formula is C36H36O4SiTi. The molecule has 6 heteroatoms. The molecule has 212 valence electrons. The van der Waals surface area contributed by atoms with Gasteiger partial charge in [-0.3, -0.25) is 0 Å². The molecule has 7 rings (SSSR count). The Balaban J connectivity index is 1.67. The SMILES string of the molecule is CCCC(=O)[O][Ti]1([O]C(=O)CCC)[CH]2c3ccccc3-c3cccc(c32)[Si](C)(C)c2cccc3c2[CH]1c1ccccc1-3. The molecule has 42 heavy (non-hydrogen) atoms. The van der Waals surface area contributed by atoms with Crippen molar-refractivity contribution in [2.24, 2.45) is 0 Å². The van der Waals surface area contributed by atoms with Crippen LogP contribution in [0.2, 0.25) is 13.1 Å². The van der Waals surface area contributed by atoms with Crippen LogP contribution in [-0.2, 0) is 33.6 Å². The van der Waals surface area contributed by atoms with E-state index in [1.807, 2.05) is 13.8 Å². The Kier molecular flexibility index (Phi) is 6.69. The van der Waals surface area contributed by atoms with Crippen molar-refractivity contribution in [1.82, 2.24) is 0 Å². The van der Waals surface area contributed by atoms with Gasteiger partial charge in [0.1, 0.15) is 0 Å². The monoisotopic (exact) mass is 608 g/mol. The number of carbonyl (C=O) groups is 2. The Labute approximate surface area is 253 Å². The first kappa shape index (κ1) is 27.6. The fraction of sp³-hybridized carbons (Fsp3) is 0.278. The van der Waals surface area contributed by atoms with E-state index >= 15 is 0 Å². The molecule has 0 bridgehead atoms. The zero-order valence-corrected chi connectivity index (χ0v) is 27.3. The van der Waals surface area contributed by atoms with Gasteiger partial charge in [0.25, 0.3) is 0 Å². The summed E-state index contributed by atoms with van der Waals surface area (Å²) in [7, 11) is -2.28. The average molecular weight is 609 g/mol. The van der Waals surface area contributed by atoms with Crippen LogP contribution in [0.4, 0.5) is 0 Å². The molecule has 0 aromatic heterocycles. The zero-order valence-electron chi connectivity index (χ0n) is 24.7. The van der Waals surface area contributed by atoms with Crippen LogP contribution in [0, 0.1) is 0 Å². The van der Waals surface area contributed by atoms with Crippen molar-refractivity contribution in [2.45, 2.75) is 61.1 Å². The molecule has 0 amide bonds. The van der Waals surface area contributed by atoms with E-state index in [2.05, 4.69) is 98.0 Å². The van der Waals surface area contributed by atoms with Crippen molar-refractivity contribution in [3.05, 3.63) is 107 Å². The number of carbonyl (C=O) groups excluding carboxylic acids is 2. The minimum atomic E-state index is -4.66. The maximum absolute atomic E-state index is 13.8. The van der Waals surface area contributed by atoms with Gasteiger partial charge in [0.15, 0.2) is 0 Å². The molecule has 0 radical (unpaired) electrons. The molecule has 0 fully saturated rings. The van der Waals surface area contributed by atoms with Crippen molar-refractivity contribution in [2.75, 3.05) is 0 Å². The molecular weight excluding hydrogens is 572 g/mol. The molecule has 2 unspecified atom stereocenters. The molecule has 2 atom stereocenters. The number of benzene rings is 4. The normalized spacial score (nSPS) is 19.4. The van der Waals surface area contributed by atoms with E-state index in [9.17, 15) is 9.59 Å². The first-order valence-electron chi connectivity index (χ1n) is 15.2. The van der Waals surface area contributed by atoms with Gasteiger partial charge in [0, 0.05) is 0 Å². The van der Waals surface area contributed by atoms with Crippen molar-refractivity contribution in [1.29, 1.82) is 0 Å². The standard InChI is InChI=1S/C28H22Si.2C4H8O2.Ti/c1-29(2,27-15-7-13-23-21-11-5-3-9-19(21)17-25(23)27)28-16-8-14-24-22-12-6-4-10-20(22)18-26(24)28;2*1-2-3-4(5)6;/h3-18H,1-2H3;2*2-3H2,1H3,(H,5,6);/q;;;+2/p-2. The van der Waals surface area contributed by atoms with Crippen LogP contribution in [0.3, 0.4) is 0 Å². The van der Waals surface area contributed by atoms with Crippen LogP contribution in [0.25, 0.3) is 22.3 Å². The van der Waals surface area contributed by atoms with Gasteiger partial charge in [-0.05, 0) is 0 Å². The Bertz CT molecular complexity index is 1630. The second-order valence-corrected chi connectivity index (χ2v) is 21.4. The third kappa shape index (κ3) is 3.83. The molecule has 0 spiro atoms. The predicted octanol–water partition coefficient (Wildman–Crippen LogP) is 7.33. The van der Waals surface area contributed by atoms with E-state index < -0.39 is 25.4 Å². The molecule has 1 aliphatic heterocycles. The molecule has 4 aromatic rings. The fourth-order valence-corrected chi connectivity index (χ4v) is 18.7. The van der Waals surface area contributed by atoms with E-state index in [0.29, 0.717) is 25.7 Å². The third-order valence-electron chi connectivity index (χ3n) is 9.52. The average Bonchev–Trinajstić information content (AvgIpc) is 3.50. The fourth-order valence-electron chi connectivity index (χ4n) is 7.88. The van der Waals surface area contributed by atoms with Crippen LogP contribution >= 0.6 is 0 Å². The summed E-state index contributed by atoms with van der Waals surface area (Å²) in [5.41, 5.74) is 9.41. The number of fused-ring (bicyclic) bond motifs is 6. The quantitative estimate of drug-likeness (QED) is 0.215. The van der Waals surface area contributed by atoms with Crippen LogP contribution < -0.4 is 10.4 Å². The Morgan fingerprint density at radius 3 is 1.45 bits per heavy atom. The Morgan fingerprint density at radius 1 is 0.619 bits per heavy atom. The van der Waals surface area contributed by atoms with Gasteiger partial charge >= 0.3 is 254 Å². The maximum atomic E-state index is 13.8. The molecule has 1 heterocycles. The zero-order chi connectivity index (χ0) is 29.2. The topological polar surface area (TPSA) is 52.6 Å². The number of hydrogen-bond acceptors (Lipinski definition) is 4. The van der Waals surface area contributed by atoms with Gasteiger partial charge in [-0.2, -0.15) is 0 Å². The van der Waals surface area contributed by atoms with Gasteiger partial charge in [0.05, 0.1) is 0 Å². The molecule has 4 aromatic carbocycles. The summed E-state index contributed by atoms with van der Waals surface area (Å²) in [6.45, 7) is 8.88. The van der Waals surface area contributed by atoms with E-state index in [1.165, 1.54) is 32.6 Å². The van der Waals surface area contributed by atoms with Crippen molar-refractivity contribution < 1.29 is 33.6 Å². The summed E-state index contributed by atoms with van der Waals surface area (Å²) >= 11 is -4.66. The summed E-state index contributed by atoms with van der Waals surface area (Å²) in [6.07, 6.45) is 1.94. The van der Waals surface area contributed by atoms with Crippen LogP contribution in [0.5, 0.6) is 0 Å². The van der Waals surface area contributed by atoms with Crippen LogP contribution in [-0.4, -0.2) is 20.0 Å². The minimum absolute atomic E-state index is 0.259. The van der Waals surface area contributed by atoms with Crippen LogP contribution in [0.1, 0.15) is 70.2 Å². The van der Waals surface area contributed by atoms with E-state index in [1.54, 1.807) is 0 Å². The molecule has 4 nitrogen and oxygen atoms in total. The van der Waals surface area contributed by atoms with Crippen molar-refractivity contribution >= 4 is 30.4 Å². The summed E-state index contributed by atoms with van der Waals surface area (Å²) in [5, 5.41) is 2.69. The van der Waals surface area contributed by atoms with Gasteiger partial charge in [-0.15, -0.1) is 0 Å². The van der Waals surface area contributed by atoms with E-state index in [4.69, 9.17) is 6.64 Å². The second-order valence-electron chi connectivity index (χ2n) is 12.4. The van der Waals surface area contributed by atoms with E-state index in [-0.39, 0.29) is 20.4 Å². The molecule has 2 aliphatic carbocycles. The number of rotatable bonds is 6. The third-order valence-corrected chi connectivity index (χ3v) is 19.2. The summed E-state index contributed by atoms with van der Waals surface area (Å²) < 4.78 is 13.4. The molecule has 0 saturated heterocycles. The van der Waals surface area contributed by atoms with Gasteiger partial charge in [0.2, 0.25) is 0 Å². The first-order chi connectivity index (χ1) is 20.3. The summed E-state index contributed by atoms with van der Waals surface area (Å²) in [4.78, 5) is 27.7. The van der Waals surface area contributed by atoms with Crippen LogP contribution in [0.15, 0.2) is 84.9 Å². The van der Waals surface area contributed by atoms with Crippen molar-refractivity contribution in [3.8, 4) is 22.3 Å². The molecule has 0 N–H and O–H groups in total. The predicted molar refractivity (Wildman–Crippen MR) is 166 cm³/mol. The summed E-state index contributed by atoms with van der Waals surface area (Å²) in [5.74, 6) is -0.517. The van der Waals surface area contributed by atoms with Gasteiger partial charge in [-0.25, -0.2) is 0 Å². The second kappa shape index (κ2) is 10.2. The Hall–Kier alpha value is -3.25.